The number of nitrogens with one attached hydrogen (secondary N) is 1. The fourth-order valence-corrected chi connectivity index (χ4v) is 2.44. The summed E-state index contributed by atoms with van der Waals surface area (Å²) < 4.78 is 2.02. The molecule has 0 aromatic carbocycles. The van der Waals surface area contributed by atoms with E-state index in [2.05, 4.69) is 22.4 Å². The first-order valence-corrected chi connectivity index (χ1v) is 6.39. The van der Waals surface area contributed by atoms with Gasteiger partial charge in [0.05, 0.1) is 0 Å². The number of hydrogen-bond donors (Lipinski definition) is 1. The zero-order valence-electron chi connectivity index (χ0n) is 9.55. The Kier molecular flexibility index (Phi) is 3.79. The minimum atomic E-state index is 0.548. The number of rotatable bonds is 5. The predicted octanol–water partition coefficient (Wildman–Crippen LogP) is 1.82. The van der Waals surface area contributed by atoms with E-state index in [-0.39, 0.29) is 0 Å². The van der Waals surface area contributed by atoms with Crippen molar-refractivity contribution in [1.29, 1.82) is 0 Å². The Balaban J connectivity index is 1.99. The number of nitrogens with zero attached hydrogens (tertiary/aromatic N) is 3. The minimum Gasteiger partial charge on any atom is -0.317 e. The summed E-state index contributed by atoms with van der Waals surface area (Å²) in [6.45, 7) is 2.18. The second kappa shape index (κ2) is 5.32. The number of pyridine rings is 1. The molecule has 16 heavy (non-hydrogen) atoms. The first-order valence-electron chi connectivity index (χ1n) is 5.41. The molecule has 0 radical (unpaired) electrons. The summed E-state index contributed by atoms with van der Waals surface area (Å²) in [5.74, 6) is 1.05. The van der Waals surface area contributed by atoms with Crippen LogP contribution in [0.15, 0.2) is 29.6 Å². The summed E-state index contributed by atoms with van der Waals surface area (Å²) in [4.78, 5) is 0. The van der Waals surface area contributed by atoms with Crippen LogP contribution in [0, 0.1) is 0 Å². The smallest absolute Gasteiger partial charge is 0.195 e. The molecular weight excluding hydrogens is 220 g/mol. The van der Waals surface area contributed by atoms with Gasteiger partial charge in [-0.1, -0.05) is 17.8 Å². The van der Waals surface area contributed by atoms with Gasteiger partial charge in [-0.15, -0.1) is 10.2 Å². The fraction of sp³-hybridized carbons (Fsp3) is 0.455. The highest BCUT2D eigenvalue weighted by molar-refractivity contribution is 7.99. The van der Waals surface area contributed by atoms with E-state index in [0.29, 0.717) is 6.04 Å². The lowest BCUT2D eigenvalue weighted by molar-refractivity contribution is 0.597. The van der Waals surface area contributed by atoms with Crippen molar-refractivity contribution in [2.24, 2.45) is 0 Å². The van der Waals surface area contributed by atoms with E-state index in [1.54, 1.807) is 11.8 Å². The highest BCUT2D eigenvalue weighted by Crippen LogP contribution is 2.17. The van der Waals surface area contributed by atoms with Crippen LogP contribution in [0.1, 0.15) is 13.3 Å². The Morgan fingerprint density at radius 3 is 3.12 bits per heavy atom. The normalized spacial score (nSPS) is 13.1. The Bertz CT molecular complexity index is 454. The topological polar surface area (TPSA) is 42.2 Å². The molecular formula is C11H16N4S. The van der Waals surface area contributed by atoms with Gasteiger partial charge in [-0.05, 0) is 32.5 Å². The summed E-state index contributed by atoms with van der Waals surface area (Å²) in [6, 6.07) is 6.48. The van der Waals surface area contributed by atoms with E-state index in [1.807, 2.05) is 35.8 Å². The maximum atomic E-state index is 4.17. The fourth-order valence-electron chi connectivity index (χ4n) is 1.39. The molecule has 2 heterocycles. The van der Waals surface area contributed by atoms with Crippen LogP contribution in [0.5, 0.6) is 0 Å². The van der Waals surface area contributed by atoms with Gasteiger partial charge >= 0.3 is 0 Å². The highest BCUT2D eigenvalue weighted by atomic mass is 32.2. The molecule has 0 aliphatic carbocycles. The van der Waals surface area contributed by atoms with Crippen molar-refractivity contribution in [3.63, 3.8) is 0 Å². The zero-order valence-corrected chi connectivity index (χ0v) is 10.4. The summed E-state index contributed by atoms with van der Waals surface area (Å²) >= 11 is 1.75. The van der Waals surface area contributed by atoms with Gasteiger partial charge in [0.15, 0.2) is 10.8 Å². The van der Waals surface area contributed by atoms with Crippen molar-refractivity contribution in [2.75, 3.05) is 12.8 Å². The van der Waals surface area contributed by atoms with Crippen molar-refractivity contribution in [3.8, 4) is 0 Å². The molecule has 0 aliphatic heterocycles. The minimum absolute atomic E-state index is 0.548. The molecule has 0 aliphatic rings. The molecule has 0 saturated carbocycles. The van der Waals surface area contributed by atoms with Crippen LogP contribution in [0.4, 0.5) is 0 Å². The van der Waals surface area contributed by atoms with Gasteiger partial charge in [0.1, 0.15) is 0 Å². The van der Waals surface area contributed by atoms with E-state index in [0.717, 1.165) is 23.0 Å². The van der Waals surface area contributed by atoms with E-state index >= 15 is 0 Å². The summed E-state index contributed by atoms with van der Waals surface area (Å²) in [6.07, 6.45) is 3.13. The molecule has 2 aromatic rings. The lowest BCUT2D eigenvalue weighted by Crippen LogP contribution is -2.21. The van der Waals surface area contributed by atoms with Crippen molar-refractivity contribution in [1.82, 2.24) is 19.9 Å². The number of hydrogen-bond acceptors (Lipinski definition) is 4. The van der Waals surface area contributed by atoms with Crippen LogP contribution >= 0.6 is 11.8 Å². The molecule has 0 bridgehead atoms. The Hall–Kier alpha value is -1.07. The van der Waals surface area contributed by atoms with Crippen LogP contribution in [-0.2, 0) is 0 Å². The Morgan fingerprint density at radius 1 is 1.44 bits per heavy atom. The van der Waals surface area contributed by atoms with E-state index in [4.69, 9.17) is 0 Å². The molecule has 4 nitrogen and oxygen atoms in total. The number of fused-ring (bicyclic) bond motifs is 1. The largest absolute Gasteiger partial charge is 0.317 e. The van der Waals surface area contributed by atoms with Crippen LogP contribution in [0.3, 0.4) is 0 Å². The molecule has 86 valence electrons. The van der Waals surface area contributed by atoms with Gasteiger partial charge in [-0.25, -0.2) is 0 Å². The van der Waals surface area contributed by atoms with Crippen LogP contribution in [0.2, 0.25) is 0 Å². The van der Waals surface area contributed by atoms with Crippen LogP contribution in [-0.4, -0.2) is 33.4 Å². The third-order valence-corrected chi connectivity index (χ3v) is 3.53. The zero-order chi connectivity index (χ0) is 11.4. The Morgan fingerprint density at radius 2 is 2.31 bits per heavy atom. The van der Waals surface area contributed by atoms with E-state index in [1.165, 1.54) is 0 Å². The van der Waals surface area contributed by atoms with Gasteiger partial charge in [-0.3, -0.25) is 4.40 Å². The second-order valence-corrected chi connectivity index (χ2v) is 4.80. The second-order valence-electron chi connectivity index (χ2n) is 3.74. The maximum absolute atomic E-state index is 4.17. The van der Waals surface area contributed by atoms with Crippen molar-refractivity contribution in [3.05, 3.63) is 24.4 Å². The molecule has 2 aromatic heterocycles. The first kappa shape index (κ1) is 11.4. The van der Waals surface area contributed by atoms with Crippen LogP contribution < -0.4 is 5.32 Å². The average molecular weight is 236 g/mol. The predicted molar refractivity (Wildman–Crippen MR) is 66.8 cm³/mol. The monoisotopic (exact) mass is 236 g/mol. The van der Waals surface area contributed by atoms with Crippen LogP contribution in [0.25, 0.3) is 5.65 Å². The Labute approximate surface area is 99.5 Å². The van der Waals surface area contributed by atoms with Crippen molar-refractivity contribution >= 4 is 17.4 Å². The quantitative estimate of drug-likeness (QED) is 0.804. The number of thioether (sulfide) groups is 1. The molecule has 0 fully saturated rings. The summed E-state index contributed by atoms with van der Waals surface area (Å²) in [5.41, 5.74) is 0.909. The molecule has 1 N–H and O–H groups in total. The SMILES string of the molecule is CNC(C)CCSc1nnc2ccccn12. The molecule has 0 spiro atoms. The van der Waals surface area contributed by atoms with Gasteiger partial charge in [0.25, 0.3) is 0 Å². The molecule has 0 saturated heterocycles. The molecule has 2 rings (SSSR count). The van der Waals surface area contributed by atoms with E-state index in [9.17, 15) is 0 Å². The summed E-state index contributed by atoms with van der Waals surface area (Å²) in [5, 5.41) is 12.5. The van der Waals surface area contributed by atoms with Crippen molar-refractivity contribution < 1.29 is 0 Å². The summed E-state index contributed by atoms with van der Waals surface area (Å²) in [7, 11) is 1.99. The third-order valence-electron chi connectivity index (χ3n) is 2.56. The third kappa shape index (κ3) is 2.54. The highest BCUT2D eigenvalue weighted by Gasteiger charge is 2.05. The molecule has 5 heteroatoms. The molecule has 1 atom stereocenters. The molecule has 0 amide bonds. The number of aromatic nitrogens is 3. The lowest BCUT2D eigenvalue weighted by atomic mass is 10.3. The van der Waals surface area contributed by atoms with Gasteiger partial charge in [0.2, 0.25) is 0 Å². The van der Waals surface area contributed by atoms with Gasteiger partial charge < -0.3 is 5.32 Å². The molecule has 1 unspecified atom stereocenters. The van der Waals surface area contributed by atoms with E-state index < -0.39 is 0 Å². The van der Waals surface area contributed by atoms with Crippen molar-refractivity contribution in [2.45, 2.75) is 24.5 Å². The van der Waals surface area contributed by atoms with Gasteiger partial charge in [-0.2, -0.15) is 0 Å². The first-order chi connectivity index (χ1) is 7.81. The standard InChI is InChI=1S/C11H16N4S/c1-9(12-2)6-8-16-11-14-13-10-5-3-4-7-15(10)11/h3-5,7,9,12H,6,8H2,1-2H3. The van der Waals surface area contributed by atoms with Gasteiger partial charge in [0, 0.05) is 18.0 Å². The lowest BCUT2D eigenvalue weighted by Gasteiger charge is -2.08. The maximum Gasteiger partial charge on any atom is 0.195 e. The average Bonchev–Trinajstić information content (AvgIpc) is 2.73.